The molecule has 1 aromatic carbocycles. The van der Waals surface area contributed by atoms with E-state index in [-0.39, 0.29) is 5.91 Å². The molecule has 1 aromatic rings. The van der Waals surface area contributed by atoms with E-state index in [0.717, 1.165) is 30.9 Å². The molecule has 104 valence electrons. The minimum atomic E-state index is 0.0952. The van der Waals surface area contributed by atoms with Gasteiger partial charge in [0.1, 0.15) is 5.75 Å². The van der Waals surface area contributed by atoms with Gasteiger partial charge < -0.3 is 15.4 Å². The summed E-state index contributed by atoms with van der Waals surface area (Å²) in [6, 6.07) is 7.51. The number of benzene rings is 1. The summed E-state index contributed by atoms with van der Waals surface area (Å²) in [5.74, 6) is 1.39. The molecule has 1 atom stereocenters. The quantitative estimate of drug-likeness (QED) is 0.856. The van der Waals surface area contributed by atoms with Crippen molar-refractivity contribution in [1.82, 2.24) is 5.32 Å². The number of rotatable bonds is 5. The van der Waals surface area contributed by atoms with E-state index in [9.17, 15) is 4.79 Å². The van der Waals surface area contributed by atoms with Gasteiger partial charge in [-0.2, -0.15) is 0 Å². The highest BCUT2D eigenvalue weighted by atomic mass is 16.5. The summed E-state index contributed by atoms with van der Waals surface area (Å²) in [6.45, 7) is 4.64. The van der Waals surface area contributed by atoms with Crippen LogP contribution in [0.4, 0.5) is 5.69 Å². The van der Waals surface area contributed by atoms with Gasteiger partial charge in [-0.1, -0.05) is 0 Å². The molecule has 1 saturated heterocycles. The van der Waals surface area contributed by atoms with Crippen molar-refractivity contribution in [2.45, 2.75) is 26.2 Å². The molecule has 2 N–H and O–H groups in total. The number of nitrogens with one attached hydrogen (secondary N) is 2. The predicted octanol–water partition coefficient (Wildman–Crippen LogP) is 2.41. The third-order valence-electron chi connectivity index (χ3n) is 3.32. The zero-order chi connectivity index (χ0) is 13.5. The normalized spacial score (nSPS) is 18.9. The molecule has 0 spiro atoms. The molecular weight excluding hydrogens is 240 g/mol. The number of anilines is 1. The van der Waals surface area contributed by atoms with Gasteiger partial charge >= 0.3 is 0 Å². The topological polar surface area (TPSA) is 50.4 Å². The van der Waals surface area contributed by atoms with E-state index in [4.69, 9.17) is 4.74 Å². The monoisotopic (exact) mass is 262 g/mol. The second-order valence-corrected chi connectivity index (χ2v) is 4.92. The molecule has 1 unspecified atom stereocenters. The van der Waals surface area contributed by atoms with Crippen LogP contribution in [0.1, 0.15) is 26.2 Å². The van der Waals surface area contributed by atoms with Crippen LogP contribution in [-0.4, -0.2) is 25.6 Å². The van der Waals surface area contributed by atoms with E-state index >= 15 is 0 Å². The molecule has 0 aliphatic carbocycles. The molecule has 1 aliphatic rings. The third kappa shape index (κ3) is 4.56. The fourth-order valence-electron chi connectivity index (χ4n) is 2.37. The maximum Gasteiger partial charge on any atom is 0.224 e. The van der Waals surface area contributed by atoms with Crippen LogP contribution in [0.3, 0.4) is 0 Å². The largest absolute Gasteiger partial charge is 0.494 e. The van der Waals surface area contributed by atoms with Crippen molar-refractivity contribution in [3.8, 4) is 5.75 Å². The Bertz CT molecular complexity index is 397. The van der Waals surface area contributed by atoms with Gasteiger partial charge in [-0.05, 0) is 63.0 Å². The van der Waals surface area contributed by atoms with Crippen molar-refractivity contribution < 1.29 is 9.53 Å². The molecular formula is C15H22N2O2. The van der Waals surface area contributed by atoms with E-state index in [2.05, 4.69) is 10.6 Å². The van der Waals surface area contributed by atoms with Crippen molar-refractivity contribution >= 4 is 11.6 Å². The van der Waals surface area contributed by atoms with Crippen molar-refractivity contribution in [3.63, 3.8) is 0 Å². The minimum absolute atomic E-state index is 0.0952. The van der Waals surface area contributed by atoms with Crippen molar-refractivity contribution in [2.24, 2.45) is 5.92 Å². The molecule has 0 bridgehead atoms. The summed E-state index contributed by atoms with van der Waals surface area (Å²) in [5.41, 5.74) is 0.831. The first-order valence-corrected chi connectivity index (χ1v) is 7.01. The maximum atomic E-state index is 11.9. The zero-order valence-corrected chi connectivity index (χ0v) is 11.4. The van der Waals surface area contributed by atoms with Crippen LogP contribution in [0.25, 0.3) is 0 Å². The Kier molecular flexibility index (Phi) is 5.21. The van der Waals surface area contributed by atoms with Gasteiger partial charge in [-0.3, -0.25) is 4.79 Å². The van der Waals surface area contributed by atoms with Gasteiger partial charge in [0.15, 0.2) is 0 Å². The molecule has 0 saturated carbocycles. The van der Waals surface area contributed by atoms with Gasteiger partial charge in [0.05, 0.1) is 6.61 Å². The fraction of sp³-hybridized carbons (Fsp3) is 0.533. The second kappa shape index (κ2) is 7.14. The lowest BCUT2D eigenvalue weighted by Crippen LogP contribution is -2.32. The number of piperidine rings is 1. The highest BCUT2D eigenvalue weighted by Crippen LogP contribution is 2.18. The maximum absolute atomic E-state index is 11.9. The molecule has 1 aliphatic heterocycles. The summed E-state index contributed by atoms with van der Waals surface area (Å²) >= 11 is 0. The standard InChI is InChI=1S/C15H22N2O2/c1-2-19-14-7-5-13(6-8-14)17-15(18)10-12-4-3-9-16-11-12/h5-8,12,16H,2-4,9-11H2,1H3,(H,17,18). The Morgan fingerprint density at radius 3 is 2.84 bits per heavy atom. The Morgan fingerprint density at radius 1 is 1.42 bits per heavy atom. The molecule has 1 heterocycles. The SMILES string of the molecule is CCOc1ccc(NC(=O)CC2CCCNC2)cc1. The van der Waals surface area contributed by atoms with Crippen molar-refractivity contribution in [3.05, 3.63) is 24.3 Å². The molecule has 4 heteroatoms. The number of hydrogen-bond donors (Lipinski definition) is 2. The van der Waals surface area contributed by atoms with Gasteiger partial charge in [-0.25, -0.2) is 0 Å². The summed E-state index contributed by atoms with van der Waals surface area (Å²) in [7, 11) is 0. The van der Waals surface area contributed by atoms with Gasteiger partial charge in [0.2, 0.25) is 5.91 Å². The fourth-order valence-corrected chi connectivity index (χ4v) is 2.37. The number of carbonyl (C=O) groups is 1. The lowest BCUT2D eigenvalue weighted by atomic mass is 9.96. The van der Waals surface area contributed by atoms with Crippen LogP contribution in [-0.2, 0) is 4.79 Å². The van der Waals surface area contributed by atoms with E-state index in [0.29, 0.717) is 18.9 Å². The molecule has 0 aromatic heterocycles. The lowest BCUT2D eigenvalue weighted by Gasteiger charge is -2.22. The third-order valence-corrected chi connectivity index (χ3v) is 3.32. The van der Waals surface area contributed by atoms with Crippen LogP contribution >= 0.6 is 0 Å². The predicted molar refractivity (Wildman–Crippen MR) is 76.5 cm³/mol. The zero-order valence-electron chi connectivity index (χ0n) is 11.4. The molecule has 1 fully saturated rings. The smallest absolute Gasteiger partial charge is 0.224 e. The van der Waals surface area contributed by atoms with Crippen molar-refractivity contribution in [1.29, 1.82) is 0 Å². The first kappa shape index (κ1) is 13.9. The Morgan fingerprint density at radius 2 is 2.21 bits per heavy atom. The lowest BCUT2D eigenvalue weighted by molar-refractivity contribution is -0.117. The molecule has 0 radical (unpaired) electrons. The van der Waals surface area contributed by atoms with Crippen LogP contribution < -0.4 is 15.4 Å². The molecule has 4 nitrogen and oxygen atoms in total. The molecule has 19 heavy (non-hydrogen) atoms. The number of hydrogen-bond acceptors (Lipinski definition) is 3. The van der Waals surface area contributed by atoms with E-state index in [1.165, 1.54) is 6.42 Å². The second-order valence-electron chi connectivity index (χ2n) is 4.92. The minimum Gasteiger partial charge on any atom is -0.494 e. The summed E-state index contributed by atoms with van der Waals surface area (Å²) in [5, 5.41) is 6.27. The van der Waals surface area contributed by atoms with Gasteiger partial charge in [0.25, 0.3) is 0 Å². The Labute approximate surface area is 114 Å². The first-order valence-electron chi connectivity index (χ1n) is 7.01. The van der Waals surface area contributed by atoms with Gasteiger partial charge in [0, 0.05) is 12.1 Å². The summed E-state index contributed by atoms with van der Waals surface area (Å²) < 4.78 is 5.37. The van der Waals surface area contributed by atoms with Crippen molar-refractivity contribution in [2.75, 3.05) is 25.0 Å². The van der Waals surface area contributed by atoms with E-state index < -0.39 is 0 Å². The van der Waals surface area contributed by atoms with Crippen LogP contribution in [0.15, 0.2) is 24.3 Å². The highest BCUT2D eigenvalue weighted by molar-refractivity contribution is 5.90. The highest BCUT2D eigenvalue weighted by Gasteiger charge is 2.16. The number of carbonyl (C=O) groups excluding carboxylic acids is 1. The average molecular weight is 262 g/mol. The van der Waals surface area contributed by atoms with Crippen LogP contribution in [0.5, 0.6) is 5.75 Å². The summed E-state index contributed by atoms with van der Waals surface area (Å²) in [4.78, 5) is 11.9. The van der Waals surface area contributed by atoms with Crippen LogP contribution in [0.2, 0.25) is 0 Å². The molecule has 1 amide bonds. The van der Waals surface area contributed by atoms with E-state index in [1.807, 2.05) is 31.2 Å². The number of ether oxygens (including phenoxy) is 1. The number of amides is 1. The summed E-state index contributed by atoms with van der Waals surface area (Å²) in [6.07, 6.45) is 2.91. The Hall–Kier alpha value is -1.55. The average Bonchev–Trinajstić information content (AvgIpc) is 2.42. The van der Waals surface area contributed by atoms with E-state index in [1.54, 1.807) is 0 Å². The van der Waals surface area contributed by atoms with Gasteiger partial charge in [-0.15, -0.1) is 0 Å². The Balaban J connectivity index is 1.80. The molecule has 2 rings (SSSR count). The van der Waals surface area contributed by atoms with Crippen LogP contribution in [0, 0.1) is 5.92 Å². The first-order chi connectivity index (χ1) is 9.28.